The molecule has 0 bridgehead atoms. The van der Waals surface area contributed by atoms with Gasteiger partial charge in [0.05, 0.1) is 0 Å². The lowest BCUT2D eigenvalue weighted by Gasteiger charge is -2.05. The summed E-state index contributed by atoms with van der Waals surface area (Å²) >= 11 is 0. The summed E-state index contributed by atoms with van der Waals surface area (Å²) in [4.78, 5) is 21.2. The van der Waals surface area contributed by atoms with E-state index in [1.54, 1.807) is 0 Å². The molecule has 0 unspecified atom stereocenters. The van der Waals surface area contributed by atoms with E-state index >= 15 is 0 Å². The van der Waals surface area contributed by atoms with Crippen LogP contribution in [0, 0.1) is 0 Å². The number of hydrogen-bond acceptors (Lipinski definition) is 5. The van der Waals surface area contributed by atoms with E-state index in [1.807, 2.05) is 0 Å². The Labute approximate surface area is 61.3 Å². The van der Waals surface area contributed by atoms with Crippen LogP contribution in [0.2, 0.25) is 0 Å². The normalized spacial score (nSPS) is 15.1. The summed E-state index contributed by atoms with van der Waals surface area (Å²) in [6.45, 7) is 0. The van der Waals surface area contributed by atoms with Crippen LogP contribution in [-0.4, -0.2) is 16.9 Å². The topological polar surface area (TPSA) is 114 Å². The third kappa shape index (κ3) is 1.45. The Morgan fingerprint density at radius 2 is 2.09 bits per heavy atom. The van der Waals surface area contributed by atoms with E-state index in [0.29, 0.717) is 5.12 Å². The van der Waals surface area contributed by atoms with Crippen molar-refractivity contribution in [3.8, 4) is 0 Å². The molecular formula is C4H5N5O2. The molecule has 1 aliphatic heterocycles. The minimum atomic E-state index is -0.750. The second kappa shape index (κ2) is 2.56. The van der Waals surface area contributed by atoms with E-state index in [0.717, 1.165) is 6.08 Å². The number of carbonyl (C=O) groups excluding carboxylic acids is 2. The monoisotopic (exact) mass is 155 g/mol. The largest absolute Gasteiger partial charge is 0.303 e. The van der Waals surface area contributed by atoms with Crippen LogP contribution < -0.4 is 11.7 Å². The highest BCUT2D eigenvalue weighted by Crippen LogP contribution is 2.07. The minimum Gasteiger partial charge on any atom is -0.266 e. The predicted octanol–water partition coefficient (Wildman–Crippen LogP) is -1.56. The van der Waals surface area contributed by atoms with Crippen LogP contribution in [0.4, 0.5) is 0 Å². The van der Waals surface area contributed by atoms with Gasteiger partial charge in [-0.25, -0.2) is 16.8 Å². The van der Waals surface area contributed by atoms with E-state index in [2.05, 4.69) is 10.2 Å². The van der Waals surface area contributed by atoms with Gasteiger partial charge in [-0.3, -0.25) is 9.59 Å². The first-order valence-corrected chi connectivity index (χ1v) is 2.62. The standard InChI is InChI=1S/C4H5N5O2/c5-9(6)4(11)2-1-3(10)8-7-2/h1H,5-6H2. The highest BCUT2D eigenvalue weighted by Gasteiger charge is 2.18. The number of hydrogen-bond donors (Lipinski definition) is 2. The third-order valence-corrected chi connectivity index (χ3v) is 0.970. The zero-order chi connectivity index (χ0) is 8.43. The van der Waals surface area contributed by atoms with Crippen molar-refractivity contribution in [3.05, 3.63) is 11.8 Å². The molecule has 1 rings (SSSR count). The predicted molar refractivity (Wildman–Crippen MR) is 33.2 cm³/mol. The Morgan fingerprint density at radius 3 is 2.45 bits per heavy atom. The van der Waals surface area contributed by atoms with E-state index in [9.17, 15) is 9.59 Å². The zero-order valence-electron chi connectivity index (χ0n) is 5.39. The van der Waals surface area contributed by atoms with Gasteiger partial charge in [-0.2, -0.15) is 0 Å². The van der Waals surface area contributed by atoms with Crippen molar-refractivity contribution in [1.29, 1.82) is 0 Å². The average molecular weight is 155 g/mol. The summed E-state index contributed by atoms with van der Waals surface area (Å²) in [5, 5.41) is 6.62. The molecule has 1 aliphatic rings. The molecule has 0 saturated heterocycles. The van der Waals surface area contributed by atoms with Gasteiger partial charge in [-0.05, 0) is 0 Å². The molecule has 0 aliphatic carbocycles. The Bertz CT molecular complexity index is 266. The molecular weight excluding hydrogens is 150 g/mol. The summed E-state index contributed by atoms with van der Waals surface area (Å²) in [5.74, 6) is 8.40. The lowest BCUT2D eigenvalue weighted by molar-refractivity contribution is -0.127. The second-order valence-electron chi connectivity index (χ2n) is 1.78. The molecule has 58 valence electrons. The highest BCUT2D eigenvalue weighted by molar-refractivity contribution is 6.02. The molecule has 7 nitrogen and oxygen atoms in total. The van der Waals surface area contributed by atoms with Crippen LogP contribution in [0.3, 0.4) is 0 Å². The van der Waals surface area contributed by atoms with Crippen LogP contribution in [0.25, 0.3) is 0 Å². The van der Waals surface area contributed by atoms with Crippen LogP contribution in [0.15, 0.2) is 22.0 Å². The van der Waals surface area contributed by atoms with E-state index < -0.39 is 11.8 Å². The first-order chi connectivity index (χ1) is 5.11. The molecule has 4 N–H and O–H groups in total. The first kappa shape index (κ1) is 7.51. The molecule has 0 aromatic heterocycles. The average Bonchev–Trinajstić information content (AvgIpc) is 2.34. The van der Waals surface area contributed by atoms with Crippen LogP contribution in [0.1, 0.15) is 0 Å². The summed E-state index contributed by atoms with van der Waals surface area (Å²) < 4.78 is 0. The van der Waals surface area contributed by atoms with E-state index in [4.69, 9.17) is 11.7 Å². The molecule has 7 heteroatoms. The van der Waals surface area contributed by atoms with E-state index in [1.165, 1.54) is 0 Å². The van der Waals surface area contributed by atoms with E-state index in [-0.39, 0.29) is 5.70 Å². The van der Waals surface area contributed by atoms with Crippen molar-refractivity contribution in [2.75, 3.05) is 0 Å². The van der Waals surface area contributed by atoms with Gasteiger partial charge in [-0.1, -0.05) is 0 Å². The number of amides is 2. The molecule has 0 aromatic carbocycles. The summed E-state index contributed by atoms with van der Waals surface area (Å²) in [7, 11) is 0. The summed E-state index contributed by atoms with van der Waals surface area (Å²) in [6.07, 6.45) is 0.953. The molecule has 0 fully saturated rings. The maximum Gasteiger partial charge on any atom is 0.303 e. The number of rotatable bonds is 1. The van der Waals surface area contributed by atoms with Crippen molar-refractivity contribution < 1.29 is 9.59 Å². The molecule has 1 heterocycles. The van der Waals surface area contributed by atoms with Crippen molar-refractivity contribution in [2.24, 2.45) is 21.9 Å². The van der Waals surface area contributed by atoms with Gasteiger partial charge in [0.25, 0.3) is 5.91 Å². The molecule has 0 radical (unpaired) electrons. The Balaban J connectivity index is 2.79. The summed E-state index contributed by atoms with van der Waals surface area (Å²) in [6, 6.07) is 0. The van der Waals surface area contributed by atoms with Gasteiger partial charge < -0.3 is 0 Å². The molecule has 0 saturated carbocycles. The van der Waals surface area contributed by atoms with Crippen LogP contribution in [-0.2, 0) is 9.59 Å². The number of azo groups is 1. The molecule has 11 heavy (non-hydrogen) atoms. The maximum atomic E-state index is 10.8. The number of carbonyl (C=O) groups is 2. The fourth-order valence-electron chi connectivity index (χ4n) is 0.515. The Morgan fingerprint density at radius 1 is 1.45 bits per heavy atom. The number of nitrogens with two attached hydrogens (primary N) is 2. The van der Waals surface area contributed by atoms with Gasteiger partial charge in [-0.15, -0.1) is 10.2 Å². The van der Waals surface area contributed by atoms with Crippen molar-refractivity contribution >= 4 is 11.8 Å². The van der Waals surface area contributed by atoms with Gasteiger partial charge in [0.1, 0.15) is 0 Å². The fourth-order valence-corrected chi connectivity index (χ4v) is 0.515. The lowest BCUT2D eigenvalue weighted by atomic mass is 10.4. The number of nitrogens with zero attached hydrogens (tertiary/aromatic N) is 3. The van der Waals surface area contributed by atoms with Crippen molar-refractivity contribution in [2.45, 2.75) is 0 Å². The van der Waals surface area contributed by atoms with Gasteiger partial charge >= 0.3 is 5.91 Å². The third-order valence-electron chi connectivity index (χ3n) is 0.970. The first-order valence-electron chi connectivity index (χ1n) is 2.62. The molecule has 0 spiro atoms. The zero-order valence-corrected chi connectivity index (χ0v) is 5.39. The number of hydrazine groups is 2. The van der Waals surface area contributed by atoms with Gasteiger partial charge in [0, 0.05) is 6.08 Å². The van der Waals surface area contributed by atoms with Crippen molar-refractivity contribution in [3.63, 3.8) is 0 Å². The molecule has 0 aromatic rings. The van der Waals surface area contributed by atoms with Crippen LogP contribution in [0.5, 0.6) is 0 Å². The Hall–Kier alpha value is -1.60. The fraction of sp³-hybridized carbons (Fsp3) is 0. The van der Waals surface area contributed by atoms with Gasteiger partial charge in [0.2, 0.25) is 0 Å². The lowest BCUT2D eigenvalue weighted by Crippen LogP contribution is -2.43. The van der Waals surface area contributed by atoms with Crippen molar-refractivity contribution in [1.82, 2.24) is 5.12 Å². The minimum absolute atomic E-state index is 0.153. The van der Waals surface area contributed by atoms with Crippen LogP contribution >= 0.6 is 0 Å². The quantitative estimate of drug-likeness (QED) is 0.270. The summed E-state index contributed by atoms with van der Waals surface area (Å²) in [5.41, 5.74) is -0.153. The maximum absolute atomic E-state index is 10.8. The smallest absolute Gasteiger partial charge is 0.266 e. The Kier molecular flexibility index (Phi) is 1.75. The van der Waals surface area contributed by atoms with Gasteiger partial charge in [0.15, 0.2) is 5.70 Å². The molecule has 2 amide bonds. The highest BCUT2D eigenvalue weighted by atomic mass is 16.2. The molecule has 0 atom stereocenters. The second-order valence-corrected chi connectivity index (χ2v) is 1.78. The SMILES string of the molecule is NN(N)C(=O)C1=CC(=O)N=N1.